The van der Waals surface area contributed by atoms with Crippen molar-refractivity contribution >= 4 is 10.4 Å². The molecule has 0 unspecified atom stereocenters. The van der Waals surface area contributed by atoms with Crippen LogP contribution in [0.1, 0.15) is 71.1 Å². The van der Waals surface area contributed by atoms with Gasteiger partial charge in [0.15, 0.2) is 0 Å². The molecule has 0 atom stereocenters. The van der Waals surface area contributed by atoms with Crippen LogP contribution in [0.3, 0.4) is 0 Å². The van der Waals surface area contributed by atoms with Crippen LogP contribution < -0.4 is 5.73 Å². The third-order valence-corrected chi connectivity index (χ3v) is 3.33. The van der Waals surface area contributed by atoms with Gasteiger partial charge < -0.3 is 10.8 Å². The molecule has 0 aliphatic rings. The minimum absolute atomic E-state index is 0.0692. The van der Waals surface area contributed by atoms with Gasteiger partial charge in [0.05, 0.1) is 6.61 Å². The van der Waals surface area contributed by atoms with Crippen LogP contribution in [-0.4, -0.2) is 37.8 Å². The lowest BCUT2D eigenvalue weighted by atomic mass is 10.1. The van der Waals surface area contributed by atoms with E-state index in [-0.39, 0.29) is 13.2 Å². The molecule has 0 heterocycles. The first-order chi connectivity index (χ1) is 9.97. The minimum Gasteiger partial charge on any atom is -0.396 e. The van der Waals surface area contributed by atoms with Gasteiger partial charge in [-0.15, -0.1) is 0 Å². The van der Waals surface area contributed by atoms with Crippen LogP contribution in [0.4, 0.5) is 0 Å². The van der Waals surface area contributed by atoms with Crippen LogP contribution in [-0.2, 0) is 14.6 Å². The molecule has 0 aromatic carbocycles. The van der Waals surface area contributed by atoms with Crippen molar-refractivity contribution in [1.82, 2.24) is 0 Å². The first-order valence-corrected chi connectivity index (χ1v) is 9.27. The number of nitrogens with two attached hydrogens (primary N) is 1. The predicted octanol–water partition coefficient (Wildman–Crippen LogP) is 2.66. The highest BCUT2D eigenvalue weighted by Crippen LogP contribution is 2.09. The van der Waals surface area contributed by atoms with Crippen molar-refractivity contribution in [2.24, 2.45) is 5.73 Å². The molecule has 0 bridgehead atoms. The Morgan fingerprint density at radius 2 is 1.33 bits per heavy atom. The van der Waals surface area contributed by atoms with Crippen LogP contribution >= 0.6 is 0 Å². The van der Waals surface area contributed by atoms with Crippen molar-refractivity contribution in [1.29, 1.82) is 0 Å². The maximum atomic E-state index is 9.67. The van der Waals surface area contributed by atoms with E-state index in [1.54, 1.807) is 0 Å². The maximum absolute atomic E-state index is 9.67. The molecule has 0 fully saturated rings. The van der Waals surface area contributed by atoms with E-state index in [1.165, 1.54) is 57.8 Å². The summed E-state index contributed by atoms with van der Waals surface area (Å²) < 4.78 is 31.0. The summed E-state index contributed by atoms with van der Waals surface area (Å²) in [5, 5.41) is 8.57. The molecular weight excluding hydrogens is 294 g/mol. The number of hydrogen-bond acceptors (Lipinski definition) is 5. The predicted molar refractivity (Wildman–Crippen MR) is 85.5 cm³/mol. The Morgan fingerprint density at radius 1 is 0.905 bits per heavy atom. The smallest absolute Gasteiger partial charge is 0.396 e. The van der Waals surface area contributed by atoms with Crippen molar-refractivity contribution in [2.45, 2.75) is 71.1 Å². The van der Waals surface area contributed by atoms with E-state index in [2.05, 4.69) is 11.1 Å². The zero-order valence-corrected chi connectivity index (χ0v) is 14.1. The van der Waals surface area contributed by atoms with Crippen molar-refractivity contribution in [2.75, 3.05) is 19.8 Å². The van der Waals surface area contributed by atoms with Crippen LogP contribution in [0, 0.1) is 0 Å². The van der Waals surface area contributed by atoms with Crippen LogP contribution in [0.2, 0.25) is 0 Å². The van der Waals surface area contributed by atoms with Gasteiger partial charge in [-0.1, -0.05) is 64.7 Å². The second-order valence-electron chi connectivity index (χ2n) is 4.94. The Bertz CT molecular complexity index is 273. The first-order valence-electron chi connectivity index (χ1n) is 7.90. The maximum Gasteiger partial charge on any atom is 0.397 e. The standard InChI is InChI=1S/C12H26O.C2H7NO4S/c1-2-3-4-5-6-7-8-9-10-11-12-13;3-1-2-7-8(4,5)6/h13H,2-12H2,1H3;1-3H2,(H,4,5,6). The Morgan fingerprint density at radius 3 is 1.62 bits per heavy atom. The molecule has 0 rings (SSSR count). The summed E-state index contributed by atoms with van der Waals surface area (Å²) in [5.41, 5.74) is 4.84. The average molecular weight is 327 g/mol. The van der Waals surface area contributed by atoms with Gasteiger partial charge in [0.25, 0.3) is 0 Å². The number of unbranched alkanes of at least 4 members (excludes halogenated alkanes) is 9. The molecule has 4 N–H and O–H groups in total. The molecule has 0 aliphatic carbocycles. The Balaban J connectivity index is 0. The summed E-state index contributed by atoms with van der Waals surface area (Å²) in [6, 6.07) is 0. The fourth-order valence-corrected chi connectivity index (χ4v) is 2.06. The zero-order valence-electron chi connectivity index (χ0n) is 13.3. The Labute approximate surface area is 130 Å². The molecule has 0 saturated heterocycles. The van der Waals surface area contributed by atoms with E-state index in [0.717, 1.165) is 6.42 Å². The molecule has 0 radical (unpaired) electrons. The molecule has 21 heavy (non-hydrogen) atoms. The molecule has 130 valence electrons. The molecule has 0 aromatic rings. The summed E-state index contributed by atoms with van der Waals surface area (Å²) in [6.45, 7) is 2.52. The van der Waals surface area contributed by atoms with E-state index in [4.69, 9.17) is 15.4 Å². The monoisotopic (exact) mass is 327 g/mol. The van der Waals surface area contributed by atoms with Gasteiger partial charge in [-0.3, -0.25) is 4.55 Å². The van der Waals surface area contributed by atoms with Crippen molar-refractivity contribution in [3.05, 3.63) is 0 Å². The number of aliphatic hydroxyl groups is 1. The molecule has 6 nitrogen and oxygen atoms in total. The van der Waals surface area contributed by atoms with Gasteiger partial charge >= 0.3 is 10.4 Å². The lowest BCUT2D eigenvalue weighted by Crippen LogP contribution is -2.12. The number of hydrogen-bond donors (Lipinski definition) is 3. The molecule has 0 aliphatic heterocycles. The van der Waals surface area contributed by atoms with Gasteiger partial charge in [-0.25, -0.2) is 4.18 Å². The quantitative estimate of drug-likeness (QED) is 0.354. The third kappa shape index (κ3) is 28.6. The Hall–Kier alpha value is -0.210. The van der Waals surface area contributed by atoms with Gasteiger partial charge in [0.2, 0.25) is 0 Å². The van der Waals surface area contributed by atoms with Crippen LogP contribution in [0.25, 0.3) is 0 Å². The summed E-state index contributed by atoms with van der Waals surface area (Å²) in [7, 11) is -4.27. The lowest BCUT2D eigenvalue weighted by molar-refractivity contribution is 0.276. The molecule has 0 saturated carbocycles. The summed E-state index contributed by atoms with van der Waals surface area (Å²) >= 11 is 0. The summed E-state index contributed by atoms with van der Waals surface area (Å²) in [5.74, 6) is 0. The molecule has 0 spiro atoms. The van der Waals surface area contributed by atoms with Gasteiger partial charge in [-0.2, -0.15) is 8.42 Å². The van der Waals surface area contributed by atoms with E-state index >= 15 is 0 Å². The average Bonchev–Trinajstić information content (AvgIpc) is 2.43. The number of rotatable bonds is 13. The molecule has 7 heteroatoms. The van der Waals surface area contributed by atoms with Crippen molar-refractivity contribution in [3.63, 3.8) is 0 Å². The third-order valence-electron chi connectivity index (χ3n) is 2.86. The van der Waals surface area contributed by atoms with Crippen LogP contribution in [0.15, 0.2) is 0 Å². The second kappa shape index (κ2) is 17.8. The Kier molecular flexibility index (Phi) is 19.6. The second-order valence-corrected chi connectivity index (χ2v) is 6.04. The fraction of sp³-hybridized carbons (Fsp3) is 1.00. The number of aliphatic hydroxyl groups excluding tert-OH is 1. The molecule has 0 aromatic heterocycles. The molecular formula is C14H33NO5S. The van der Waals surface area contributed by atoms with Crippen molar-refractivity contribution < 1.29 is 22.3 Å². The normalized spacial score (nSPS) is 11.0. The van der Waals surface area contributed by atoms with E-state index in [1.807, 2.05) is 0 Å². The minimum atomic E-state index is -4.27. The van der Waals surface area contributed by atoms with Gasteiger partial charge in [0, 0.05) is 13.2 Å². The van der Waals surface area contributed by atoms with E-state index < -0.39 is 10.4 Å². The van der Waals surface area contributed by atoms with Crippen LogP contribution in [0.5, 0.6) is 0 Å². The fourth-order valence-electron chi connectivity index (χ4n) is 1.75. The molecule has 0 amide bonds. The van der Waals surface area contributed by atoms with Gasteiger partial charge in [0.1, 0.15) is 0 Å². The summed E-state index contributed by atoms with van der Waals surface area (Å²) in [6.07, 6.45) is 13.3. The lowest BCUT2D eigenvalue weighted by Gasteiger charge is -2.00. The summed E-state index contributed by atoms with van der Waals surface area (Å²) in [4.78, 5) is 0. The SMILES string of the molecule is CCCCCCCCCCCCO.NCCOS(=O)(=O)O. The topological polar surface area (TPSA) is 110 Å². The highest BCUT2D eigenvalue weighted by atomic mass is 32.3. The van der Waals surface area contributed by atoms with E-state index in [9.17, 15) is 8.42 Å². The zero-order chi connectivity index (χ0) is 16.4. The highest BCUT2D eigenvalue weighted by molar-refractivity contribution is 7.80. The van der Waals surface area contributed by atoms with E-state index in [0.29, 0.717) is 6.61 Å². The highest BCUT2D eigenvalue weighted by Gasteiger charge is 2.00. The largest absolute Gasteiger partial charge is 0.397 e. The van der Waals surface area contributed by atoms with Gasteiger partial charge in [-0.05, 0) is 6.42 Å². The first kappa shape index (κ1) is 23.1. The van der Waals surface area contributed by atoms with Crippen molar-refractivity contribution in [3.8, 4) is 0 Å².